The van der Waals surface area contributed by atoms with Crippen LogP contribution in [0.25, 0.3) is 0 Å². The molecule has 0 aromatic carbocycles. The van der Waals surface area contributed by atoms with Gasteiger partial charge in [-0.2, -0.15) is 0 Å². The van der Waals surface area contributed by atoms with E-state index in [0.29, 0.717) is 5.92 Å². The van der Waals surface area contributed by atoms with Gasteiger partial charge in [-0.15, -0.1) is 0 Å². The molecule has 0 bridgehead atoms. The van der Waals surface area contributed by atoms with Gasteiger partial charge in [0, 0.05) is 19.4 Å². The first-order valence-corrected chi connectivity index (χ1v) is 10.9. The number of hydrogen-bond donors (Lipinski definition) is 3. The minimum Gasteiger partial charge on any atom is -0.511 e. The fourth-order valence-corrected chi connectivity index (χ4v) is 5.42. The Hall–Kier alpha value is -2.15. The van der Waals surface area contributed by atoms with Gasteiger partial charge in [0.1, 0.15) is 11.3 Å². The van der Waals surface area contributed by atoms with E-state index in [-0.39, 0.29) is 29.1 Å². The Balaban J connectivity index is 1.97. The molecule has 1 aliphatic heterocycles. The van der Waals surface area contributed by atoms with Gasteiger partial charge in [-0.25, -0.2) is 4.79 Å². The standard InChI is InChI=1S/C23H33NO6/c1-12(2)23(30,22(28)29)11-16-19(25)18(21(27)24(16)4)20(26)17-13(3)9-10-14-7-5-6-8-15(14)17/h9-10,12-17,26,30H,5-8,11H2,1-4H3,(H,28,29)/b20-18-/t13-,14+,15-,16?,17-,23?/m1/s1. The molecule has 0 aromatic rings. The fraction of sp³-hybridized carbons (Fsp3) is 0.696. The fourth-order valence-electron chi connectivity index (χ4n) is 5.42. The Labute approximate surface area is 177 Å². The van der Waals surface area contributed by atoms with E-state index in [2.05, 4.69) is 12.2 Å². The monoisotopic (exact) mass is 419 g/mol. The summed E-state index contributed by atoms with van der Waals surface area (Å²) in [5, 5.41) is 31.3. The first kappa shape index (κ1) is 22.5. The molecular weight excluding hydrogens is 386 g/mol. The molecule has 0 aromatic heterocycles. The Kier molecular flexibility index (Phi) is 6.14. The number of carbonyl (C=O) groups is 3. The van der Waals surface area contributed by atoms with E-state index in [1.165, 1.54) is 7.05 Å². The SMILES string of the molecule is CC(C)C(O)(CC1C(=O)/C(=C(/O)[C@H]2[C@@H]3CCCC[C@H]3C=C[C@H]2C)C(=O)N1C)C(=O)O. The minimum atomic E-state index is -2.14. The van der Waals surface area contributed by atoms with Crippen molar-refractivity contribution < 1.29 is 29.7 Å². The number of aliphatic hydroxyl groups is 2. The number of allylic oxidation sites excluding steroid dienone is 3. The van der Waals surface area contributed by atoms with Crippen LogP contribution in [0.4, 0.5) is 0 Å². The van der Waals surface area contributed by atoms with E-state index >= 15 is 0 Å². The smallest absolute Gasteiger partial charge is 0.336 e. The molecule has 1 saturated carbocycles. The molecule has 2 fully saturated rings. The lowest BCUT2D eigenvalue weighted by molar-refractivity contribution is -0.166. The van der Waals surface area contributed by atoms with E-state index in [1.54, 1.807) is 13.8 Å². The molecule has 7 nitrogen and oxygen atoms in total. The number of carboxylic acid groups (broad SMARTS) is 1. The third kappa shape index (κ3) is 3.57. The Bertz CT molecular complexity index is 800. The van der Waals surface area contributed by atoms with Gasteiger partial charge >= 0.3 is 5.97 Å². The predicted octanol–water partition coefficient (Wildman–Crippen LogP) is 2.70. The van der Waals surface area contributed by atoms with Gasteiger partial charge < -0.3 is 20.2 Å². The summed E-state index contributed by atoms with van der Waals surface area (Å²) in [6.45, 7) is 5.10. The summed E-state index contributed by atoms with van der Waals surface area (Å²) in [7, 11) is 1.42. The van der Waals surface area contributed by atoms with Gasteiger partial charge in [-0.1, -0.05) is 45.8 Å². The summed E-state index contributed by atoms with van der Waals surface area (Å²) in [6, 6.07) is -1.12. The van der Waals surface area contributed by atoms with Crippen LogP contribution in [0.5, 0.6) is 0 Å². The molecule has 3 aliphatic rings. The van der Waals surface area contributed by atoms with Crippen molar-refractivity contribution in [2.24, 2.45) is 29.6 Å². The average Bonchev–Trinajstić information content (AvgIpc) is 2.90. The van der Waals surface area contributed by atoms with E-state index in [0.717, 1.165) is 30.6 Å². The van der Waals surface area contributed by atoms with Crippen molar-refractivity contribution >= 4 is 17.7 Å². The zero-order valence-corrected chi connectivity index (χ0v) is 18.2. The second-order valence-electron chi connectivity index (χ2n) is 9.53. The second kappa shape index (κ2) is 8.17. The minimum absolute atomic E-state index is 0.00609. The Morgan fingerprint density at radius 1 is 1.20 bits per heavy atom. The van der Waals surface area contributed by atoms with Gasteiger partial charge in [0.15, 0.2) is 11.4 Å². The number of likely N-dealkylation sites (tertiary alicyclic amines) is 1. The second-order valence-corrected chi connectivity index (χ2v) is 9.53. The average molecular weight is 420 g/mol. The van der Waals surface area contributed by atoms with Gasteiger partial charge in [-0.05, 0) is 36.5 Å². The van der Waals surface area contributed by atoms with E-state index in [4.69, 9.17) is 0 Å². The zero-order chi connectivity index (χ0) is 22.4. The van der Waals surface area contributed by atoms with Crippen LogP contribution in [-0.2, 0) is 14.4 Å². The first-order valence-electron chi connectivity index (χ1n) is 10.9. The number of likely N-dealkylation sites (N-methyl/N-ethyl adjacent to an activating group) is 1. The number of hydrogen-bond acceptors (Lipinski definition) is 5. The molecule has 0 radical (unpaired) electrons. The highest BCUT2D eigenvalue weighted by molar-refractivity contribution is 6.26. The molecule has 1 heterocycles. The molecule has 166 valence electrons. The first-order chi connectivity index (χ1) is 14.0. The maximum atomic E-state index is 13.2. The number of ketones is 1. The van der Waals surface area contributed by atoms with Crippen LogP contribution < -0.4 is 0 Å². The van der Waals surface area contributed by atoms with E-state index in [9.17, 15) is 29.7 Å². The highest BCUT2D eigenvalue weighted by Gasteiger charge is 2.52. The van der Waals surface area contributed by atoms with Gasteiger partial charge in [0.05, 0.1) is 6.04 Å². The van der Waals surface area contributed by atoms with Crippen molar-refractivity contribution in [1.29, 1.82) is 0 Å². The highest BCUT2D eigenvalue weighted by atomic mass is 16.4. The van der Waals surface area contributed by atoms with Gasteiger partial charge in [-0.3, -0.25) is 9.59 Å². The summed E-state index contributed by atoms with van der Waals surface area (Å²) in [5.41, 5.74) is -2.38. The number of nitrogens with zero attached hydrogens (tertiary/aromatic N) is 1. The Morgan fingerprint density at radius 2 is 1.83 bits per heavy atom. The maximum Gasteiger partial charge on any atom is 0.336 e. The molecule has 2 unspecified atom stereocenters. The lowest BCUT2D eigenvalue weighted by Crippen LogP contribution is -2.49. The number of rotatable bonds is 5. The van der Waals surface area contributed by atoms with Crippen LogP contribution >= 0.6 is 0 Å². The number of aliphatic carboxylic acids is 1. The summed E-state index contributed by atoms with van der Waals surface area (Å²) in [6.07, 6.45) is 8.02. The van der Waals surface area contributed by atoms with Crippen LogP contribution in [0.1, 0.15) is 52.9 Å². The zero-order valence-electron chi connectivity index (χ0n) is 18.2. The molecule has 30 heavy (non-hydrogen) atoms. The summed E-state index contributed by atoms with van der Waals surface area (Å²) in [4.78, 5) is 39.0. The number of fused-ring (bicyclic) bond motifs is 1. The third-order valence-electron chi connectivity index (χ3n) is 7.52. The van der Waals surface area contributed by atoms with Crippen molar-refractivity contribution in [3.63, 3.8) is 0 Å². The topological polar surface area (TPSA) is 115 Å². The lowest BCUT2D eigenvalue weighted by atomic mass is 9.64. The molecule has 1 amide bonds. The van der Waals surface area contributed by atoms with Crippen LogP contribution in [0.2, 0.25) is 0 Å². The molecular formula is C23H33NO6. The van der Waals surface area contributed by atoms with Crippen molar-refractivity contribution in [3.8, 4) is 0 Å². The quantitative estimate of drug-likeness (QED) is 0.273. The molecule has 3 rings (SSSR count). The number of aliphatic hydroxyl groups excluding tert-OH is 1. The highest BCUT2D eigenvalue weighted by Crippen LogP contribution is 2.46. The van der Waals surface area contributed by atoms with Crippen molar-refractivity contribution in [2.75, 3.05) is 7.05 Å². The van der Waals surface area contributed by atoms with Crippen LogP contribution in [0.3, 0.4) is 0 Å². The summed E-state index contributed by atoms with van der Waals surface area (Å²) in [5.74, 6) is -3.25. The van der Waals surface area contributed by atoms with Crippen LogP contribution in [-0.4, -0.2) is 56.6 Å². The number of carboxylic acids is 1. The normalized spacial score (nSPS) is 35.4. The van der Waals surface area contributed by atoms with Crippen molar-refractivity contribution in [1.82, 2.24) is 4.90 Å². The Morgan fingerprint density at radius 3 is 2.43 bits per heavy atom. The van der Waals surface area contributed by atoms with E-state index in [1.807, 2.05) is 6.92 Å². The summed E-state index contributed by atoms with van der Waals surface area (Å²) >= 11 is 0. The lowest BCUT2D eigenvalue weighted by Gasteiger charge is -2.41. The molecule has 0 spiro atoms. The van der Waals surface area contributed by atoms with E-state index < -0.39 is 41.6 Å². The molecule has 6 atom stereocenters. The molecule has 2 aliphatic carbocycles. The molecule has 1 saturated heterocycles. The largest absolute Gasteiger partial charge is 0.511 e. The van der Waals surface area contributed by atoms with Crippen molar-refractivity contribution in [2.45, 2.75) is 64.5 Å². The van der Waals surface area contributed by atoms with Crippen LogP contribution in [0.15, 0.2) is 23.5 Å². The number of carbonyl (C=O) groups excluding carboxylic acids is 2. The third-order valence-corrected chi connectivity index (χ3v) is 7.52. The molecule has 7 heteroatoms. The predicted molar refractivity (Wildman–Crippen MR) is 111 cm³/mol. The molecule has 3 N–H and O–H groups in total. The number of amides is 1. The summed E-state index contributed by atoms with van der Waals surface area (Å²) < 4.78 is 0. The maximum absolute atomic E-state index is 13.2. The number of Topliss-reactive ketones (excluding diaryl/α,β-unsaturated/α-hetero) is 1. The van der Waals surface area contributed by atoms with Gasteiger partial charge in [0.2, 0.25) is 0 Å². The van der Waals surface area contributed by atoms with Gasteiger partial charge in [0.25, 0.3) is 5.91 Å². The van der Waals surface area contributed by atoms with Crippen LogP contribution in [0, 0.1) is 29.6 Å². The van der Waals surface area contributed by atoms with Crippen molar-refractivity contribution in [3.05, 3.63) is 23.5 Å².